The summed E-state index contributed by atoms with van der Waals surface area (Å²) < 4.78 is 10.4. The average Bonchev–Trinajstić information content (AvgIpc) is 2.78. The molecule has 1 saturated heterocycles. The first-order valence-corrected chi connectivity index (χ1v) is 5.44. The molecule has 0 amide bonds. The number of morpholine rings is 1. The normalized spacial score (nSPS) is 21.6. The van der Waals surface area contributed by atoms with Gasteiger partial charge in [-0.15, -0.1) is 0 Å². The molecule has 0 bridgehead atoms. The van der Waals surface area contributed by atoms with Crippen LogP contribution in [0.4, 0.5) is 0 Å². The average molecular weight is 241 g/mol. The van der Waals surface area contributed by atoms with Crippen molar-refractivity contribution < 1.29 is 24.2 Å². The minimum Gasteiger partial charge on any atom is -0.478 e. The van der Waals surface area contributed by atoms with Crippen molar-refractivity contribution in [3.8, 4) is 0 Å². The van der Waals surface area contributed by atoms with Gasteiger partial charge in [-0.25, -0.2) is 4.79 Å². The second kappa shape index (κ2) is 5.31. The summed E-state index contributed by atoms with van der Waals surface area (Å²) in [5, 5.41) is 18.2. The second-order valence-electron chi connectivity index (χ2n) is 3.94. The minimum atomic E-state index is -0.998. The number of carboxylic acids is 1. The maximum Gasteiger partial charge on any atom is 0.339 e. The van der Waals surface area contributed by atoms with Crippen LogP contribution in [0.5, 0.6) is 0 Å². The molecule has 0 aliphatic carbocycles. The smallest absolute Gasteiger partial charge is 0.339 e. The molecule has 2 heterocycles. The topological polar surface area (TPSA) is 83.1 Å². The van der Waals surface area contributed by atoms with Crippen molar-refractivity contribution in [1.29, 1.82) is 0 Å². The van der Waals surface area contributed by atoms with Gasteiger partial charge >= 0.3 is 5.97 Å². The van der Waals surface area contributed by atoms with E-state index in [1.807, 2.05) is 4.90 Å². The van der Waals surface area contributed by atoms with Gasteiger partial charge in [0.15, 0.2) is 0 Å². The van der Waals surface area contributed by atoms with Crippen LogP contribution < -0.4 is 0 Å². The molecular formula is C11H15NO5. The molecule has 17 heavy (non-hydrogen) atoms. The Hall–Kier alpha value is -1.37. The third kappa shape index (κ3) is 2.66. The number of nitrogens with zero attached hydrogens (tertiary/aromatic N) is 1. The molecule has 0 saturated carbocycles. The van der Waals surface area contributed by atoms with E-state index in [1.165, 1.54) is 12.3 Å². The van der Waals surface area contributed by atoms with Gasteiger partial charge in [-0.3, -0.25) is 4.90 Å². The van der Waals surface area contributed by atoms with Gasteiger partial charge in [-0.2, -0.15) is 0 Å². The van der Waals surface area contributed by atoms with Gasteiger partial charge in [0, 0.05) is 6.54 Å². The highest BCUT2D eigenvalue weighted by Gasteiger charge is 2.25. The Morgan fingerprint density at radius 3 is 3.12 bits per heavy atom. The van der Waals surface area contributed by atoms with Crippen LogP contribution in [0.2, 0.25) is 0 Å². The van der Waals surface area contributed by atoms with Crippen LogP contribution in [0.25, 0.3) is 0 Å². The lowest BCUT2D eigenvalue weighted by atomic mass is 10.2. The van der Waals surface area contributed by atoms with Crippen LogP contribution in [-0.4, -0.2) is 53.5 Å². The molecule has 1 atom stereocenters. The number of hydrogen-bond acceptors (Lipinski definition) is 5. The Kier molecular flexibility index (Phi) is 3.78. The lowest BCUT2D eigenvalue weighted by molar-refractivity contribution is -0.0337. The fourth-order valence-corrected chi connectivity index (χ4v) is 1.90. The molecule has 0 radical (unpaired) electrons. The van der Waals surface area contributed by atoms with E-state index in [0.29, 0.717) is 32.1 Å². The zero-order chi connectivity index (χ0) is 12.3. The molecule has 1 aliphatic heterocycles. The van der Waals surface area contributed by atoms with Crippen molar-refractivity contribution in [2.45, 2.75) is 12.6 Å². The molecule has 1 aliphatic rings. The fraction of sp³-hybridized carbons (Fsp3) is 0.545. The number of carbonyl (C=O) groups is 1. The van der Waals surface area contributed by atoms with Gasteiger partial charge in [-0.1, -0.05) is 0 Å². The monoisotopic (exact) mass is 241 g/mol. The highest BCUT2D eigenvalue weighted by molar-refractivity contribution is 5.88. The largest absolute Gasteiger partial charge is 0.478 e. The van der Waals surface area contributed by atoms with E-state index in [1.54, 1.807) is 0 Å². The summed E-state index contributed by atoms with van der Waals surface area (Å²) in [5.74, 6) is -0.583. The fourth-order valence-electron chi connectivity index (χ4n) is 1.90. The van der Waals surface area contributed by atoms with Crippen molar-refractivity contribution in [2.75, 3.05) is 26.4 Å². The lowest BCUT2D eigenvalue weighted by Gasteiger charge is -2.33. The number of rotatable bonds is 4. The Labute approximate surface area is 98.4 Å². The number of aliphatic hydroxyl groups is 1. The first-order valence-electron chi connectivity index (χ1n) is 5.44. The molecule has 94 valence electrons. The van der Waals surface area contributed by atoms with Gasteiger partial charge in [0.05, 0.1) is 38.7 Å². The van der Waals surface area contributed by atoms with Crippen LogP contribution in [-0.2, 0) is 11.3 Å². The van der Waals surface area contributed by atoms with Gasteiger partial charge < -0.3 is 19.4 Å². The predicted octanol–water partition coefficient (Wildman–Crippen LogP) is 0.171. The standard InChI is InChI=1S/C11H15NO5/c13-6-8-7-16-4-2-12(8)5-10-9(11(14)15)1-3-17-10/h1,3,8,13H,2,4-7H2,(H,14,15). The van der Waals surface area contributed by atoms with Gasteiger partial charge in [0.2, 0.25) is 0 Å². The summed E-state index contributed by atoms with van der Waals surface area (Å²) in [7, 11) is 0. The van der Waals surface area contributed by atoms with Gasteiger partial charge in [0.1, 0.15) is 11.3 Å². The first kappa shape index (κ1) is 12.1. The molecule has 1 aromatic rings. The summed E-state index contributed by atoms with van der Waals surface area (Å²) >= 11 is 0. The Balaban J connectivity index is 2.08. The van der Waals surface area contributed by atoms with Crippen LogP contribution >= 0.6 is 0 Å². The third-order valence-corrected chi connectivity index (χ3v) is 2.88. The molecule has 2 rings (SSSR count). The molecule has 2 N–H and O–H groups in total. The molecule has 1 aromatic heterocycles. The quantitative estimate of drug-likeness (QED) is 0.782. The number of ether oxygens (including phenoxy) is 1. The van der Waals surface area contributed by atoms with Crippen LogP contribution in [0.1, 0.15) is 16.1 Å². The Morgan fingerprint density at radius 1 is 1.59 bits per heavy atom. The van der Waals surface area contributed by atoms with E-state index in [-0.39, 0.29) is 18.2 Å². The zero-order valence-electron chi connectivity index (χ0n) is 9.33. The Morgan fingerprint density at radius 2 is 2.41 bits per heavy atom. The second-order valence-corrected chi connectivity index (χ2v) is 3.94. The van der Waals surface area contributed by atoms with E-state index >= 15 is 0 Å². The summed E-state index contributed by atoms with van der Waals surface area (Å²) in [6.07, 6.45) is 1.37. The highest BCUT2D eigenvalue weighted by atomic mass is 16.5. The van der Waals surface area contributed by atoms with Gasteiger partial charge in [0.25, 0.3) is 0 Å². The van der Waals surface area contributed by atoms with Crippen molar-refractivity contribution >= 4 is 5.97 Å². The number of hydrogen-bond donors (Lipinski definition) is 2. The Bertz CT molecular complexity index is 389. The molecule has 1 fully saturated rings. The van der Waals surface area contributed by atoms with E-state index in [4.69, 9.17) is 14.3 Å². The molecule has 0 aromatic carbocycles. The zero-order valence-corrected chi connectivity index (χ0v) is 9.33. The third-order valence-electron chi connectivity index (χ3n) is 2.88. The predicted molar refractivity (Wildman–Crippen MR) is 57.8 cm³/mol. The van der Waals surface area contributed by atoms with E-state index in [2.05, 4.69) is 0 Å². The number of carboxylic acid groups (broad SMARTS) is 1. The van der Waals surface area contributed by atoms with E-state index in [9.17, 15) is 9.90 Å². The SMILES string of the molecule is O=C(O)c1ccoc1CN1CCOCC1CO. The van der Waals surface area contributed by atoms with Gasteiger partial charge in [-0.05, 0) is 6.07 Å². The maximum atomic E-state index is 10.9. The molecule has 0 spiro atoms. The van der Waals surface area contributed by atoms with Crippen molar-refractivity contribution in [2.24, 2.45) is 0 Å². The van der Waals surface area contributed by atoms with Crippen LogP contribution in [0, 0.1) is 0 Å². The highest BCUT2D eigenvalue weighted by Crippen LogP contribution is 2.16. The summed E-state index contributed by atoms with van der Waals surface area (Å²) in [4.78, 5) is 12.9. The summed E-state index contributed by atoms with van der Waals surface area (Å²) in [5.41, 5.74) is 0.174. The minimum absolute atomic E-state index is 0.0108. The molecule has 1 unspecified atom stereocenters. The molecular weight excluding hydrogens is 226 g/mol. The lowest BCUT2D eigenvalue weighted by Crippen LogP contribution is -2.46. The van der Waals surface area contributed by atoms with E-state index in [0.717, 1.165) is 0 Å². The number of furan rings is 1. The molecule has 6 nitrogen and oxygen atoms in total. The maximum absolute atomic E-state index is 10.9. The van der Waals surface area contributed by atoms with Crippen LogP contribution in [0.15, 0.2) is 16.7 Å². The van der Waals surface area contributed by atoms with Crippen molar-refractivity contribution in [3.05, 3.63) is 23.7 Å². The van der Waals surface area contributed by atoms with Crippen molar-refractivity contribution in [3.63, 3.8) is 0 Å². The van der Waals surface area contributed by atoms with Crippen molar-refractivity contribution in [1.82, 2.24) is 4.90 Å². The number of aromatic carboxylic acids is 1. The molecule has 6 heteroatoms. The first-order chi connectivity index (χ1) is 8.22. The summed E-state index contributed by atoms with van der Waals surface area (Å²) in [6, 6.07) is 1.34. The van der Waals surface area contributed by atoms with Crippen LogP contribution in [0.3, 0.4) is 0 Å². The summed E-state index contributed by atoms with van der Waals surface area (Å²) in [6.45, 7) is 2.07. The van der Waals surface area contributed by atoms with E-state index < -0.39 is 5.97 Å². The number of aliphatic hydroxyl groups excluding tert-OH is 1.